The molecule has 0 radical (unpaired) electrons. The van der Waals surface area contributed by atoms with Crippen LogP contribution in [-0.2, 0) is 0 Å². The first-order valence-electron chi connectivity index (χ1n) is 14.6. The van der Waals surface area contributed by atoms with Crippen molar-refractivity contribution >= 4 is 22.7 Å². The fraction of sp³-hybridized carbons (Fsp3) is 0.567. The second-order valence-corrected chi connectivity index (χ2v) is 12.0. The van der Waals surface area contributed by atoms with Gasteiger partial charge < -0.3 is 14.9 Å². The zero-order chi connectivity index (χ0) is 26.5. The number of nitrogens with zero attached hydrogens (tertiary/aromatic N) is 6. The predicted molar refractivity (Wildman–Crippen MR) is 149 cm³/mol. The van der Waals surface area contributed by atoms with Gasteiger partial charge in [-0.3, -0.25) is 4.90 Å². The Labute approximate surface area is 228 Å². The summed E-state index contributed by atoms with van der Waals surface area (Å²) in [6.07, 6.45) is 5.57. The molecule has 0 bridgehead atoms. The number of rotatable bonds is 6. The SMILES string of the molecule is O=C(O)c1cc(N2CCC(CN3CCN4C[C@@H](F)C[C@H]4C3)CC2)c2c(C3CCC3)nn(-c3ccccc3)c2n1. The van der Waals surface area contributed by atoms with E-state index in [1.165, 1.54) is 6.42 Å². The molecule has 4 aliphatic rings. The number of aromatic nitrogens is 3. The van der Waals surface area contributed by atoms with E-state index >= 15 is 0 Å². The van der Waals surface area contributed by atoms with Crippen LogP contribution in [0.3, 0.4) is 0 Å². The van der Waals surface area contributed by atoms with Crippen LogP contribution in [0.1, 0.15) is 60.6 Å². The summed E-state index contributed by atoms with van der Waals surface area (Å²) >= 11 is 0. The molecule has 2 aromatic heterocycles. The molecule has 0 amide bonds. The summed E-state index contributed by atoms with van der Waals surface area (Å²) in [5.74, 6) is -0.0187. The van der Waals surface area contributed by atoms with Gasteiger partial charge in [-0.15, -0.1) is 0 Å². The first-order chi connectivity index (χ1) is 19.0. The molecule has 3 aliphatic heterocycles. The van der Waals surface area contributed by atoms with Crippen LogP contribution >= 0.6 is 0 Å². The number of fused-ring (bicyclic) bond motifs is 2. The number of carbonyl (C=O) groups is 1. The molecule has 8 nitrogen and oxygen atoms in total. The topological polar surface area (TPSA) is 77.7 Å². The van der Waals surface area contributed by atoms with Gasteiger partial charge in [-0.2, -0.15) is 5.10 Å². The summed E-state index contributed by atoms with van der Waals surface area (Å²) in [5.41, 5.74) is 3.63. The second kappa shape index (κ2) is 10.2. The summed E-state index contributed by atoms with van der Waals surface area (Å²) in [4.78, 5) is 24.0. The van der Waals surface area contributed by atoms with Crippen molar-refractivity contribution in [3.05, 3.63) is 47.8 Å². The highest BCUT2D eigenvalue weighted by atomic mass is 19.1. The first kappa shape index (κ1) is 25.0. The smallest absolute Gasteiger partial charge is 0.354 e. The molecule has 1 saturated carbocycles. The average Bonchev–Trinajstić information content (AvgIpc) is 3.48. The van der Waals surface area contributed by atoms with Crippen LogP contribution < -0.4 is 4.90 Å². The number of hydrogen-bond acceptors (Lipinski definition) is 6. The van der Waals surface area contributed by atoms with Crippen molar-refractivity contribution < 1.29 is 14.3 Å². The minimum atomic E-state index is -1.01. The van der Waals surface area contributed by atoms with E-state index in [2.05, 4.69) is 19.7 Å². The van der Waals surface area contributed by atoms with Gasteiger partial charge in [0.1, 0.15) is 6.17 Å². The van der Waals surface area contributed by atoms with E-state index in [0.717, 1.165) is 87.4 Å². The molecule has 5 heterocycles. The molecule has 3 saturated heterocycles. The third-order valence-electron chi connectivity index (χ3n) is 9.48. The molecule has 1 aromatic carbocycles. The predicted octanol–water partition coefficient (Wildman–Crippen LogP) is 4.33. The van der Waals surface area contributed by atoms with Gasteiger partial charge in [0.25, 0.3) is 0 Å². The number of piperazine rings is 1. The number of carboxylic acids is 1. The fourth-order valence-electron chi connectivity index (χ4n) is 7.13. The average molecular weight is 533 g/mol. The molecule has 2 atom stereocenters. The van der Waals surface area contributed by atoms with Crippen molar-refractivity contribution in [3.63, 3.8) is 0 Å². The molecule has 39 heavy (non-hydrogen) atoms. The Morgan fingerprint density at radius 2 is 1.82 bits per heavy atom. The third-order valence-corrected chi connectivity index (χ3v) is 9.48. The zero-order valence-electron chi connectivity index (χ0n) is 22.4. The Morgan fingerprint density at radius 3 is 2.54 bits per heavy atom. The van der Waals surface area contributed by atoms with Crippen molar-refractivity contribution in [1.29, 1.82) is 0 Å². The quantitative estimate of drug-likeness (QED) is 0.506. The van der Waals surface area contributed by atoms with Crippen LogP contribution in [-0.4, -0.2) is 93.7 Å². The number of anilines is 1. The minimum Gasteiger partial charge on any atom is -0.477 e. The zero-order valence-corrected chi connectivity index (χ0v) is 22.4. The molecule has 9 heteroatoms. The Morgan fingerprint density at radius 1 is 1.03 bits per heavy atom. The van der Waals surface area contributed by atoms with Gasteiger partial charge >= 0.3 is 5.97 Å². The maximum Gasteiger partial charge on any atom is 0.354 e. The van der Waals surface area contributed by atoms with E-state index in [1.54, 1.807) is 6.07 Å². The van der Waals surface area contributed by atoms with Gasteiger partial charge in [0.2, 0.25) is 0 Å². The molecule has 4 fully saturated rings. The summed E-state index contributed by atoms with van der Waals surface area (Å²) in [6, 6.07) is 12.1. The Balaban J connectivity index is 1.15. The number of piperidine rings is 1. The number of carboxylic acid groups (broad SMARTS) is 1. The number of alkyl halides is 1. The van der Waals surface area contributed by atoms with Crippen molar-refractivity contribution in [3.8, 4) is 5.69 Å². The number of pyridine rings is 1. The summed E-state index contributed by atoms with van der Waals surface area (Å²) in [7, 11) is 0. The van der Waals surface area contributed by atoms with Crippen LogP contribution in [0, 0.1) is 5.92 Å². The monoisotopic (exact) mass is 532 g/mol. The van der Waals surface area contributed by atoms with Crippen LogP contribution in [0.2, 0.25) is 0 Å². The first-order valence-corrected chi connectivity index (χ1v) is 14.6. The summed E-state index contributed by atoms with van der Waals surface area (Å²) in [6.45, 7) is 6.45. The molecule has 1 aliphatic carbocycles. The Bertz CT molecular complexity index is 1350. The fourth-order valence-corrected chi connectivity index (χ4v) is 7.13. The number of benzene rings is 1. The molecule has 0 unspecified atom stereocenters. The lowest BCUT2D eigenvalue weighted by atomic mass is 9.81. The highest BCUT2D eigenvalue weighted by Crippen LogP contribution is 2.43. The van der Waals surface area contributed by atoms with E-state index in [1.807, 2.05) is 35.0 Å². The number of hydrogen-bond donors (Lipinski definition) is 1. The summed E-state index contributed by atoms with van der Waals surface area (Å²) in [5, 5.41) is 16.0. The van der Waals surface area contributed by atoms with Crippen molar-refractivity contribution in [1.82, 2.24) is 24.6 Å². The van der Waals surface area contributed by atoms with E-state index in [0.29, 0.717) is 36.5 Å². The van der Waals surface area contributed by atoms with Gasteiger partial charge in [-0.25, -0.2) is 18.9 Å². The van der Waals surface area contributed by atoms with Crippen molar-refractivity contribution in [2.45, 2.75) is 56.7 Å². The lowest BCUT2D eigenvalue weighted by Crippen LogP contribution is -2.51. The Hall–Kier alpha value is -3.04. The standard InChI is InChI=1S/C30H37FN6O2/c31-22-15-24-19-34(13-14-36(24)18-22)17-20-9-11-35(12-10-20)26-16-25(30(38)39)32-29-27(26)28(21-5-4-6-21)33-37(29)23-7-2-1-3-8-23/h1-3,7-8,16,20-22,24H,4-6,9-15,17-19H2,(H,38,39)/t22-,24-/m0/s1. The van der Waals surface area contributed by atoms with Crippen LogP contribution in [0.4, 0.5) is 10.1 Å². The van der Waals surface area contributed by atoms with Gasteiger partial charge in [0, 0.05) is 57.8 Å². The molecular weight excluding hydrogens is 495 g/mol. The number of aromatic carboxylic acids is 1. The molecule has 7 rings (SSSR count). The minimum absolute atomic E-state index is 0.0671. The van der Waals surface area contributed by atoms with Crippen LogP contribution in [0.15, 0.2) is 36.4 Å². The van der Waals surface area contributed by atoms with Gasteiger partial charge in [-0.1, -0.05) is 24.6 Å². The number of para-hydroxylation sites is 1. The van der Waals surface area contributed by atoms with Crippen molar-refractivity contribution in [2.75, 3.05) is 50.7 Å². The maximum absolute atomic E-state index is 13.9. The second-order valence-electron chi connectivity index (χ2n) is 12.0. The number of halogens is 1. The Kier molecular flexibility index (Phi) is 6.51. The largest absolute Gasteiger partial charge is 0.477 e. The normalized spacial score (nSPS) is 25.2. The molecule has 206 valence electrons. The van der Waals surface area contributed by atoms with Crippen LogP contribution in [0.25, 0.3) is 16.7 Å². The van der Waals surface area contributed by atoms with Gasteiger partial charge in [0.15, 0.2) is 11.3 Å². The van der Waals surface area contributed by atoms with Gasteiger partial charge in [0.05, 0.1) is 22.5 Å². The lowest BCUT2D eigenvalue weighted by Gasteiger charge is -2.41. The van der Waals surface area contributed by atoms with E-state index < -0.39 is 12.1 Å². The summed E-state index contributed by atoms with van der Waals surface area (Å²) < 4.78 is 15.7. The highest BCUT2D eigenvalue weighted by molar-refractivity contribution is 5.98. The van der Waals surface area contributed by atoms with Gasteiger partial charge in [-0.05, 0) is 56.2 Å². The molecule has 3 aromatic rings. The lowest BCUT2D eigenvalue weighted by molar-refractivity contribution is 0.0691. The molecular formula is C30H37FN6O2. The van der Waals surface area contributed by atoms with E-state index in [4.69, 9.17) is 5.10 Å². The van der Waals surface area contributed by atoms with Crippen molar-refractivity contribution in [2.24, 2.45) is 5.92 Å². The third kappa shape index (κ3) is 4.69. The van der Waals surface area contributed by atoms with E-state index in [9.17, 15) is 14.3 Å². The van der Waals surface area contributed by atoms with E-state index in [-0.39, 0.29) is 5.69 Å². The highest BCUT2D eigenvalue weighted by Gasteiger charge is 2.37. The molecule has 1 N–H and O–H groups in total. The molecule has 0 spiro atoms. The maximum atomic E-state index is 13.9. The van der Waals surface area contributed by atoms with Crippen LogP contribution in [0.5, 0.6) is 0 Å².